The van der Waals surface area contributed by atoms with E-state index >= 15 is 0 Å². The molecule has 2 rings (SSSR count). The first-order chi connectivity index (χ1) is 7.48. The van der Waals surface area contributed by atoms with Gasteiger partial charge in [0.2, 0.25) is 5.78 Å². The lowest BCUT2D eigenvalue weighted by molar-refractivity contribution is -0.137. The molecule has 0 bridgehead atoms. The fourth-order valence-corrected chi connectivity index (χ4v) is 1.44. The minimum Gasteiger partial charge on any atom is -0.492 e. The van der Waals surface area contributed by atoms with Gasteiger partial charge in [0.25, 0.3) is 0 Å². The fraction of sp³-hybridized carbons (Fsp3) is 0.182. The summed E-state index contributed by atoms with van der Waals surface area (Å²) in [4.78, 5) is 11.3. The maximum Gasteiger partial charge on any atom is 0.416 e. The number of hydrogen-bond acceptors (Lipinski definition) is 2. The molecule has 5 heteroatoms. The molecule has 0 spiro atoms. The van der Waals surface area contributed by atoms with E-state index in [1.807, 2.05) is 0 Å². The Balaban J connectivity index is 2.40. The molecule has 2 nitrogen and oxygen atoms in total. The molecule has 1 aliphatic heterocycles. The molecule has 0 radical (unpaired) electrons. The Bertz CT molecular complexity index is 461. The number of alkyl halides is 3. The maximum atomic E-state index is 12.4. The van der Waals surface area contributed by atoms with E-state index in [2.05, 4.69) is 0 Å². The average molecular weight is 228 g/mol. The van der Waals surface area contributed by atoms with E-state index in [9.17, 15) is 18.0 Å². The summed E-state index contributed by atoms with van der Waals surface area (Å²) in [6, 6.07) is 4.63. The second kappa shape index (κ2) is 3.66. The van der Waals surface area contributed by atoms with Crippen LogP contribution in [0, 0.1) is 0 Å². The molecule has 16 heavy (non-hydrogen) atoms. The first kappa shape index (κ1) is 10.7. The van der Waals surface area contributed by atoms with E-state index in [4.69, 9.17) is 4.74 Å². The zero-order valence-corrected chi connectivity index (χ0v) is 8.04. The Labute approximate surface area is 89.3 Å². The number of ether oxygens (including phenoxy) is 1. The summed E-state index contributed by atoms with van der Waals surface area (Å²) in [6.07, 6.45) is -3.21. The van der Waals surface area contributed by atoms with E-state index in [1.165, 1.54) is 18.4 Å². The predicted molar refractivity (Wildman–Crippen MR) is 50.4 cm³/mol. The van der Waals surface area contributed by atoms with Gasteiger partial charge in [-0.05, 0) is 17.7 Å². The molecular weight excluding hydrogens is 221 g/mol. The molecule has 0 aliphatic carbocycles. The molecule has 0 atom stereocenters. The van der Waals surface area contributed by atoms with Crippen molar-refractivity contribution in [2.24, 2.45) is 0 Å². The molecular formula is C11H7F3O2. The average Bonchev–Trinajstić information content (AvgIpc) is 2.63. The number of Topliss-reactive ketones (excluding diaryl/α,β-unsaturated/α-hetero) is 1. The number of carbonyl (C=O) groups excluding carboxylic acids is 1. The first-order valence-electron chi connectivity index (χ1n) is 4.51. The molecule has 0 N–H and O–H groups in total. The smallest absolute Gasteiger partial charge is 0.416 e. The highest BCUT2D eigenvalue weighted by atomic mass is 19.4. The number of ketones is 1. The molecule has 1 aliphatic rings. The lowest BCUT2D eigenvalue weighted by Crippen LogP contribution is -2.06. The number of benzene rings is 1. The predicted octanol–water partition coefficient (Wildman–Crippen LogP) is 2.65. The van der Waals surface area contributed by atoms with Gasteiger partial charge < -0.3 is 4.74 Å². The van der Waals surface area contributed by atoms with Crippen LogP contribution >= 0.6 is 0 Å². The molecule has 0 saturated carbocycles. The summed E-state index contributed by atoms with van der Waals surface area (Å²) in [6.45, 7) is -0.106. The summed E-state index contributed by atoms with van der Waals surface area (Å²) in [5.41, 5.74) is -0.353. The van der Waals surface area contributed by atoms with E-state index in [1.54, 1.807) is 0 Å². The standard InChI is InChI=1S/C11H7F3O2/c12-11(13,14)8-3-1-2-7(4-8)9-5-16-6-10(9)15/h1-5H,6H2. The van der Waals surface area contributed by atoms with Crippen molar-refractivity contribution in [3.63, 3.8) is 0 Å². The van der Waals surface area contributed by atoms with Crippen molar-refractivity contribution in [3.8, 4) is 0 Å². The molecule has 1 heterocycles. The zero-order chi connectivity index (χ0) is 11.8. The summed E-state index contributed by atoms with van der Waals surface area (Å²) in [7, 11) is 0. The van der Waals surface area contributed by atoms with Crippen LogP contribution in [0.25, 0.3) is 5.57 Å². The van der Waals surface area contributed by atoms with Gasteiger partial charge in [0.15, 0.2) is 6.61 Å². The van der Waals surface area contributed by atoms with E-state index < -0.39 is 11.7 Å². The quantitative estimate of drug-likeness (QED) is 0.738. The third-order valence-corrected chi connectivity index (χ3v) is 2.22. The minimum atomic E-state index is -4.40. The van der Waals surface area contributed by atoms with Crippen molar-refractivity contribution in [3.05, 3.63) is 41.7 Å². The molecule has 84 valence electrons. The van der Waals surface area contributed by atoms with Crippen LogP contribution in [0.5, 0.6) is 0 Å². The highest BCUT2D eigenvalue weighted by Crippen LogP contribution is 2.31. The summed E-state index contributed by atoms with van der Waals surface area (Å²) < 4.78 is 42.0. The van der Waals surface area contributed by atoms with Crippen LogP contribution in [0.15, 0.2) is 30.5 Å². The number of hydrogen-bond donors (Lipinski definition) is 0. The number of halogens is 3. The Morgan fingerprint density at radius 2 is 2.00 bits per heavy atom. The van der Waals surface area contributed by atoms with E-state index in [0.717, 1.165) is 12.1 Å². The highest BCUT2D eigenvalue weighted by molar-refractivity contribution is 6.22. The topological polar surface area (TPSA) is 26.3 Å². The van der Waals surface area contributed by atoms with Gasteiger partial charge in [0, 0.05) is 0 Å². The van der Waals surface area contributed by atoms with Gasteiger partial charge >= 0.3 is 6.18 Å². The van der Waals surface area contributed by atoms with Gasteiger partial charge in [-0.15, -0.1) is 0 Å². The Kier molecular flexibility index (Phi) is 2.46. The van der Waals surface area contributed by atoms with Crippen molar-refractivity contribution in [2.75, 3.05) is 6.61 Å². The summed E-state index contributed by atoms with van der Waals surface area (Å²) in [5.74, 6) is -0.306. The normalized spacial score (nSPS) is 15.9. The third kappa shape index (κ3) is 1.93. The first-order valence-corrected chi connectivity index (χ1v) is 4.51. The van der Waals surface area contributed by atoms with Gasteiger partial charge in [-0.25, -0.2) is 0 Å². The Hall–Kier alpha value is -1.78. The third-order valence-electron chi connectivity index (χ3n) is 2.22. The lowest BCUT2D eigenvalue weighted by Gasteiger charge is -2.07. The number of carbonyl (C=O) groups is 1. The maximum absolute atomic E-state index is 12.4. The van der Waals surface area contributed by atoms with Gasteiger partial charge in [-0.1, -0.05) is 12.1 Å². The van der Waals surface area contributed by atoms with Crippen LogP contribution in [0.4, 0.5) is 13.2 Å². The van der Waals surface area contributed by atoms with Gasteiger partial charge in [-0.2, -0.15) is 13.2 Å². The van der Waals surface area contributed by atoms with Crippen molar-refractivity contribution in [2.45, 2.75) is 6.18 Å². The second-order valence-electron chi connectivity index (χ2n) is 3.34. The van der Waals surface area contributed by atoms with Crippen LogP contribution < -0.4 is 0 Å². The van der Waals surface area contributed by atoms with Crippen molar-refractivity contribution in [1.82, 2.24) is 0 Å². The van der Waals surface area contributed by atoms with Crippen molar-refractivity contribution < 1.29 is 22.7 Å². The van der Waals surface area contributed by atoms with Crippen LogP contribution in [-0.4, -0.2) is 12.4 Å². The van der Waals surface area contributed by atoms with Gasteiger partial charge in [-0.3, -0.25) is 4.79 Å². The molecule has 0 fully saturated rings. The molecule has 0 unspecified atom stereocenters. The lowest BCUT2D eigenvalue weighted by atomic mass is 10.0. The molecule has 0 saturated heterocycles. The molecule has 1 aromatic rings. The second-order valence-corrected chi connectivity index (χ2v) is 3.34. The van der Waals surface area contributed by atoms with Crippen LogP contribution in [0.3, 0.4) is 0 Å². The minimum absolute atomic E-state index is 0.106. The zero-order valence-electron chi connectivity index (χ0n) is 8.04. The highest BCUT2D eigenvalue weighted by Gasteiger charge is 2.31. The van der Waals surface area contributed by atoms with E-state index in [0.29, 0.717) is 0 Å². The van der Waals surface area contributed by atoms with Gasteiger partial charge in [0.1, 0.15) is 0 Å². The Morgan fingerprint density at radius 1 is 1.25 bits per heavy atom. The van der Waals surface area contributed by atoms with Crippen LogP contribution in [0.2, 0.25) is 0 Å². The molecule has 0 aromatic heterocycles. The monoisotopic (exact) mass is 228 g/mol. The number of rotatable bonds is 1. The van der Waals surface area contributed by atoms with Crippen LogP contribution in [-0.2, 0) is 15.7 Å². The van der Waals surface area contributed by atoms with Crippen molar-refractivity contribution >= 4 is 11.4 Å². The molecule has 0 amide bonds. The Morgan fingerprint density at radius 3 is 2.56 bits per heavy atom. The molecule has 1 aromatic carbocycles. The largest absolute Gasteiger partial charge is 0.492 e. The summed E-state index contributed by atoms with van der Waals surface area (Å²) in [5, 5.41) is 0. The van der Waals surface area contributed by atoms with E-state index in [-0.39, 0.29) is 23.5 Å². The summed E-state index contributed by atoms with van der Waals surface area (Å²) >= 11 is 0. The SMILES string of the molecule is O=C1COC=C1c1cccc(C(F)(F)F)c1. The van der Waals surface area contributed by atoms with Crippen LogP contribution in [0.1, 0.15) is 11.1 Å². The van der Waals surface area contributed by atoms with Gasteiger partial charge in [0.05, 0.1) is 17.4 Å². The van der Waals surface area contributed by atoms with Crippen molar-refractivity contribution in [1.29, 1.82) is 0 Å². The fourth-order valence-electron chi connectivity index (χ4n) is 1.44.